The molecule has 0 aliphatic rings. The largest absolute Gasteiger partial charge is 0.384 e. The Morgan fingerprint density at radius 2 is 2.23 bits per heavy atom. The summed E-state index contributed by atoms with van der Waals surface area (Å²) in [7, 11) is 0. The van der Waals surface area contributed by atoms with Crippen LogP contribution in [-0.4, -0.2) is 17.7 Å². The number of carbonyl (C=O) groups is 1. The maximum Gasteiger partial charge on any atom is 0.319 e. The minimum atomic E-state index is -1.12. The molecule has 22 heavy (non-hydrogen) atoms. The smallest absolute Gasteiger partial charge is 0.319 e. The van der Waals surface area contributed by atoms with E-state index in [2.05, 4.69) is 10.6 Å². The van der Waals surface area contributed by atoms with E-state index < -0.39 is 11.6 Å². The van der Waals surface area contributed by atoms with Crippen LogP contribution in [0.1, 0.15) is 23.6 Å². The first-order chi connectivity index (χ1) is 10.4. The molecule has 0 bridgehead atoms. The molecular weight excluding hydrogens is 298 g/mol. The average molecular weight is 315 g/mol. The first kappa shape index (κ1) is 16.0. The maximum atomic E-state index is 12.0. The fraction of sp³-hybridized carbons (Fsp3) is 0.250. The van der Waals surface area contributed by atoms with Gasteiger partial charge in [-0.1, -0.05) is 6.07 Å². The van der Waals surface area contributed by atoms with Crippen molar-refractivity contribution in [2.45, 2.75) is 19.4 Å². The molecule has 0 aliphatic carbocycles. The molecule has 3 N–H and O–H groups in total. The molecule has 2 amide bonds. The number of thiophene rings is 1. The molecular formula is C16H17N3O2S. The predicted octanol–water partition coefficient (Wildman–Crippen LogP) is 2.96. The average Bonchev–Trinajstić information content (AvgIpc) is 3.03. The van der Waals surface area contributed by atoms with E-state index in [1.807, 2.05) is 29.8 Å². The SMILES string of the molecule is Cc1ccc(C#N)cc1NC(=O)NCC(C)(O)c1ccsc1. The van der Waals surface area contributed by atoms with Gasteiger partial charge in [0.25, 0.3) is 0 Å². The van der Waals surface area contributed by atoms with Gasteiger partial charge in [-0.05, 0) is 53.9 Å². The number of benzene rings is 1. The van der Waals surface area contributed by atoms with Gasteiger partial charge in [-0.15, -0.1) is 0 Å². The second-order valence-electron chi connectivity index (χ2n) is 5.24. The van der Waals surface area contributed by atoms with Crippen LogP contribution in [0.25, 0.3) is 0 Å². The fourth-order valence-corrected chi connectivity index (χ4v) is 2.70. The minimum Gasteiger partial charge on any atom is -0.384 e. The van der Waals surface area contributed by atoms with Crippen LogP contribution in [-0.2, 0) is 5.60 Å². The molecule has 0 radical (unpaired) electrons. The predicted molar refractivity (Wildman–Crippen MR) is 86.8 cm³/mol. The number of aliphatic hydroxyl groups is 1. The third-order valence-electron chi connectivity index (χ3n) is 3.35. The maximum absolute atomic E-state index is 12.0. The summed E-state index contributed by atoms with van der Waals surface area (Å²) in [4.78, 5) is 12.0. The summed E-state index contributed by atoms with van der Waals surface area (Å²) in [6.45, 7) is 3.59. The molecule has 2 aromatic rings. The number of aryl methyl sites for hydroxylation is 1. The van der Waals surface area contributed by atoms with Crippen LogP contribution in [0.15, 0.2) is 35.0 Å². The Balaban J connectivity index is 1.98. The lowest BCUT2D eigenvalue weighted by Gasteiger charge is -2.23. The van der Waals surface area contributed by atoms with E-state index in [4.69, 9.17) is 5.26 Å². The Bertz CT molecular complexity index is 703. The van der Waals surface area contributed by atoms with Crippen molar-refractivity contribution in [2.24, 2.45) is 0 Å². The molecule has 1 atom stereocenters. The van der Waals surface area contributed by atoms with Crippen LogP contribution in [0.4, 0.5) is 10.5 Å². The Hall–Kier alpha value is -2.36. The molecule has 1 heterocycles. The third-order valence-corrected chi connectivity index (χ3v) is 4.03. The first-order valence-corrected chi connectivity index (χ1v) is 7.67. The van der Waals surface area contributed by atoms with E-state index in [0.29, 0.717) is 11.3 Å². The number of amides is 2. The van der Waals surface area contributed by atoms with Crippen molar-refractivity contribution in [1.82, 2.24) is 5.32 Å². The van der Waals surface area contributed by atoms with Gasteiger partial charge < -0.3 is 15.7 Å². The zero-order chi connectivity index (χ0) is 16.2. The van der Waals surface area contributed by atoms with Gasteiger partial charge in [0.15, 0.2) is 0 Å². The van der Waals surface area contributed by atoms with Crippen LogP contribution in [0.5, 0.6) is 0 Å². The molecule has 0 saturated heterocycles. The van der Waals surface area contributed by atoms with Crippen LogP contribution < -0.4 is 10.6 Å². The summed E-state index contributed by atoms with van der Waals surface area (Å²) in [5.41, 5.74) is 1.55. The lowest BCUT2D eigenvalue weighted by atomic mass is 9.99. The molecule has 5 nitrogen and oxygen atoms in total. The van der Waals surface area contributed by atoms with E-state index in [-0.39, 0.29) is 6.54 Å². The van der Waals surface area contributed by atoms with Crippen LogP contribution in [0.2, 0.25) is 0 Å². The summed E-state index contributed by atoms with van der Waals surface area (Å²) >= 11 is 1.49. The second-order valence-corrected chi connectivity index (χ2v) is 6.02. The number of urea groups is 1. The van der Waals surface area contributed by atoms with Crippen molar-refractivity contribution in [2.75, 3.05) is 11.9 Å². The topological polar surface area (TPSA) is 85.2 Å². The van der Waals surface area contributed by atoms with Gasteiger partial charge in [0.05, 0.1) is 18.2 Å². The third kappa shape index (κ3) is 3.85. The molecule has 2 rings (SSSR count). The highest BCUT2D eigenvalue weighted by atomic mass is 32.1. The number of nitriles is 1. The molecule has 0 aliphatic heterocycles. The lowest BCUT2D eigenvalue weighted by Crippen LogP contribution is -2.40. The Morgan fingerprint density at radius 3 is 2.86 bits per heavy atom. The van der Waals surface area contributed by atoms with Gasteiger partial charge in [0.2, 0.25) is 0 Å². The quantitative estimate of drug-likeness (QED) is 0.811. The van der Waals surface area contributed by atoms with Gasteiger partial charge in [0.1, 0.15) is 5.60 Å². The first-order valence-electron chi connectivity index (χ1n) is 6.73. The Kier molecular flexibility index (Phi) is 4.81. The Morgan fingerprint density at radius 1 is 1.45 bits per heavy atom. The highest BCUT2D eigenvalue weighted by Crippen LogP contribution is 2.22. The van der Waals surface area contributed by atoms with Gasteiger partial charge in [-0.3, -0.25) is 0 Å². The number of hydrogen-bond acceptors (Lipinski definition) is 4. The van der Waals surface area contributed by atoms with Crippen molar-refractivity contribution >= 4 is 23.1 Å². The molecule has 6 heteroatoms. The molecule has 1 aromatic heterocycles. The number of hydrogen-bond donors (Lipinski definition) is 3. The van der Waals surface area contributed by atoms with Crippen molar-refractivity contribution in [3.8, 4) is 6.07 Å². The Labute approximate surface area is 133 Å². The molecule has 1 unspecified atom stereocenters. The van der Waals surface area contributed by atoms with Gasteiger partial charge in [0, 0.05) is 5.69 Å². The number of nitrogens with one attached hydrogen (secondary N) is 2. The number of carbonyl (C=O) groups excluding carboxylic acids is 1. The summed E-state index contributed by atoms with van der Waals surface area (Å²) in [6, 6.07) is 8.52. The van der Waals surface area contributed by atoms with E-state index in [9.17, 15) is 9.90 Å². The summed E-state index contributed by atoms with van der Waals surface area (Å²) in [5.74, 6) is 0. The van der Waals surface area contributed by atoms with Crippen molar-refractivity contribution in [3.63, 3.8) is 0 Å². The normalized spacial score (nSPS) is 13.0. The monoisotopic (exact) mass is 315 g/mol. The molecule has 114 valence electrons. The summed E-state index contributed by atoms with van der Waals surface area (Å²) in [5, 5.41) is 28.3. The van der Waals surface area contributed by atoms with Crippen molar-refractivity contribution in [1.29, 1.82) is 5.26 Å². The standard InChI is InChI=1S/C16H17N3O2S/c1-11-3-4-12(8-17)7-14(11)19-15(20)18-10-16(2,21)13-5-6-22-9-13/h3-7,9,21H,10H2,1-2H3,(H2,18,19,20). The van der Waals surface area contributed by atoms with E-state index in [0.717, 1.165) is 11.1 Å². The van der Waals surface area contributed by atoms with Gasteiger partial charge >= 0.3 is 6.03 Å². The molecule has 0 saturated carbocycles. The van der Waals surface area contributed by atoms with Crippen LogP contribution >= 0.6 is 11.3 Å². The van der Waals surface area contributed by atoms with Crippen LogP contribution in [0.3, 0.4) is 0 Å². The number of rotatable bonds is 4. The number of nitrogens with zero attached hydrogens (tertiary/aromatic N) is 1. The van der Waals surface area contributed by atoms with Crippen LogP contribution in [0, 0.1) is 18.3 Å². The molecule has 0 spiro atoms. The minimum absolute atomic E-state index is 0.0898. The van der Waals surface area contributed by atoms with E-state index >= 15 is 0 Å². The summed E-state index contributed by atoms with van der Waals surface area (Å²) in [6.07, 6.45) is 0. The van der Waals surface area contributed by atoms with E-state index in [1.54, 1.807) is 25.1 Å². The number of anilines is 1. The lowest BCUT2D eigenvalue weighted by molar-refractivity contribution is 0.0604. The second kappa shape index (κ2) is 6.60. The summed E-state index contributed by atoms with van der Waals surface area (Å²) < 4.78 is 0. The van der Waals surface area contributed by atoms with Crippen molar-refractivity contribution < 1.29 is 9.90 Å². The van der Waals surface area contributed by atoms with Crippen molar-refractivity contribution in [3.05, 3.63) is 51.7 Å². The molecule has 1 aromatic carbocycles. The van der Waals surface area contributed by atoms with Gasteiger partial charge in [-0.25, -0.2) is 4.79 Å². The molecule has 0 fully saturated rings. The highest BCUT2D eigenvalue weighted by Gasteiger charge is 2.24. The fourth-order valence-electron chi connectivity index (χ4n) is 1.92. The van der Waals surface area contributed by atoms with E-state index in [1.165, 1.54) is 11.3 Å². The zero-order valence-corrected chi connectivity index (χ0v) is 13.2. The van der Waals surface area contributed by atoms with Gasteiger partial charge in [-0.2, -0.15) is 16.6 Å². The highest BCUT2D eigenvalue weighted by molar-refractivity contribution is 7.08. The zero-order valence-electron chi connectivity index (χ0n) is 12.4.